The second kappa shape index (κ2) is 6.66. The molecular formula is C14H8Cl2FN3O2S. The van der Waals surface area contributed by atoms with Gasteiger partial charge in [0.1, 0.15) is 10.2 Å². The highest BCUT2D eigenvalue weighted by Gasteiger charge is 2.16. The van der Waals surface area contributed by atoms with Gasteiger partial charge in [-0.2, -0.15) is 0 Å². The number of nitrogens with one attached hydrogen (secondary N) is 1. The molecule has 0 spiro atoms. The molecule has 5 nitrogen and oxygen atoms in total. The van der Waals surface area contributed by atoms with E-state index in [1.807, 2.05) is 0 Å². The fourth-order valence-corrected chi connectivity index (χ4v) is 3.27. The van der Waals surface area contributed by atoms with Gasteiger partial charge in [0.05, 0.1) is 16.3 Å². The average Bonchev–Trinajstić information content (AvgIpc) is 3.07. The molecule has 0 aliphatic heterocycles. The van der Waals surface area contributed by atoms with Crippen LogP contribution in [0.2, 0.25) is 8.67 Å². The number of carbonyl (C=O) groups excluding carboxylic acids is 1. The number of carbonyl (C=O) groups is 1. The number of anilines is 1. The van der Waals surface area contributed by atoms with Gasteiger partial charge in [0.15, 0.2) is 0 Å². The third kappa shape index (κ3) is 3.87. The zero-order valence-electron chi connectivity index (χ0n) is 11.3. The molecule has 0 radical (unpaired) electrons. The molecule has 0 aliphatic rings. The number of amides is 1. The number of halogens is 3. The molecule has 1 N–H and O–H groups in total. The normalized spacial score (nSPS) is 10.7. The number of nitrogens with zero attached hydrogens (tertiary/aromatic N) is 2. The summed E-state index contributed by atoms with van der Waals surface area (Å²) in [5, 5.41) is 10.0. The monoisotopic (exact) mass is 371 g/mol. The van der Waals surface area contributed by atoms with Crippen molar-refractivity contribution in [3.05, 3.63) is 50.4 Å². The summed E-state index contributed by atoms with van der Waals surface area (Å²) in [7, 11) is 0. The maximum absolute atomic E-state index is 12.8. The third-order valence-corrected chi connectivity index (χ3v) is 4.32. The quantitative estimate of drug-likeness (QED) is 0.736. The summed E-state index contributed by atoms with van der Waals surface area (Å²) >= 11 is 13.0. The standard InChI is InChI=1S/C14H8Cl2FN3O2S/c15-10-6-9(12(16)23-10)13-19-20-14(22-13)18-11(21)5-7-1-3-8(17)4-2-7/h1-4,6H,5H2,(H,18,20,21). The third-order valence-electron chi connectivity index (χ3n) is 2.84. The van der Waals surface area contributed by atoms with Crippen molar-refractivity contribution < 1.29 is 13.6 Å². The Morgan fingerprint density at radius 1 is 1.26 bits per heavy atom. The predicted octanol–water partition coefficient (Wildman–Crippen LogP) is 4.43. The van der Waals surface area contributed by atoms with E-state index < -0.39 is 0 Å². The van der Waals surface area contributed by atoms with Gasteiger partial charge in [-0.3, -0.25) is 10.1 Å². The largest absolute Gasteiger partial charge is 0.403 e. The highest BCUT2D eigenvalue weighted by Crippen LogP contribution is 2.37. The van der Waals surface area contributed by atoms with Crippen LogP contribution in [0.5, 0.6) is 0 Å². The minimum atomic E-state index is -0.360. The van der Waals surface area contributed by atoms with Crippen LogP contribution in [0.25, 0.3) is 11.5 Å². The fourth-order valence-electron chi connectivity index (χ4n) is 1.82. The summed E-state index contributed by atoms with van der Waals surface area (Å²) in [6, 6.07) is 7.19. The lowest BCUT2D eigenvalue weighted by Crippen LogP contribution is -2.14. The highest BCUT2D eigenvalue weighted by molar-refractivity contribution is 7.20. The Balaban J connectivity index is 1.68. The van der Waals surface area contributed by atoms with Gasteiger partial charge in [-0.05, 0) is 23.8 Å². The van der Waals surface area contributed by atoms with Crippen molar-refractivity contribution in [3.63, 3.8) is 0 Å². The maximum Gasteiger partial charge on any atom is 0.322 e. The van der Waals surface area contributed by atoms with Crippen LogP contribution in [-0.4, -0.2) is 16.1 Å². The molecule has 1 aromatic carbocycles. The Bertz CT molecular complexity index is 848. The Morgan fingerprint density at radius 3 is 2.65 bits per heavy atom. The van der Waals surface area contributed by atoms with Gasteiger partial charge in [0, 0.05) is 0 Å². The first-order chi connectivity index (χ1) is 11.0. The molecule has 0 bridgehead atoms. The topological polar surface area (TPSA) is 68.0 Å². The van der Waals surface area contributed by atoms with E-state index in [1.54, 1.807) is 6.07 Å². The number of hydrogen-bond donors (Lipinski definition) is 1. The van der Waals surface area contributed by atoms with Gasteiger partial charge in [-0.15, -0.1) is 16.4 Å². The number of hydrogen-bond acceptors (Lipinski definition) is 5. The molecule has 0 atom stereocenters. The Hall–Kier alpha value is -1.96. The van der Waals surface area contributed by atoms with Crippen molar-refractivity contribution in [2.75, 3.05) is 5.32 Å². The van der Waals surface area contributed by atoms with E-state index in [0.717, 1.165) is 0 Å². The van der Waals surface area contributed by atoms with Crippen molar-refractivity contribution in [3.8, 4) is 11.5 Å². The maximum atomic E-state index is 12.8. The number of rotatable bonds is 4. The van der Waals surface area contributed by atoms with Crippen LogP contribution < -0.4 is 5.32 Å². The summed E-state index contributed by atoms with van der Waals surface area (Å²) in [6.07, 6.45) is 0.0586. The fraction of sp³-hybridized carbons (Fsp3) is 0.0714. The van der Waals surface area contributed by atoms with E-state index in [9.17, 15) is 9.18 Å². The van der Waals surface area contributed by atoms with Crippen LogP contribution in [0.1, 0.15) is 5.56 Å². The number of aromatic nitrogens is 2. The van der Waals surface area contributed by atoms with Crippen molar-refractivity contribution in [2.24, 2.45) is 0 Å². The van der Waals surface area contributed by atoms with Gasteiger partial charge in [-0.25, -0.2) is 4.39 Å². The van der Waals surface area contributed by atoms with Crippen LogP contribution in [0, 0.1) is 5.82 Å². The smallest absolute Gasteiger partial charge is 0.322 e. The molecule has 2 aromatic heterocycles. The molecule has 2 heterocycles. The van der Waals surface area contributed by atoms with Crippen LogP contribution in [0.4, 0.5) is 10.4 Å². The SMILES string of the molecule is O=C(Cc1ccc(F)cc1)Nc1nnc(-c2cc(Cl)sc2Cl)o1. The lowest BCUT2D eigenvalue weighted by atomic mass is 10.1. The summed E-state index contributed by atoms with van der Waals surface area (Å²) in [6.45, 7) is 0. The van der Waals surface area contributed by atoms with Crippen LogP contribution in [-0.2, 0) is 11.2 Å². The van der Waals surface area contributed by atoms with Crippen LogP contribution in [0.3, 0.4) is 0 Å². The summed E-state index contributed by atoms with van der Waals surface area (Å²) in [5.41, 5.74) is 1.17. The Labute approximate surface area is 144 Å². The van der Waals surface area contributed by atoms with Crippen molar-refractivity contribution in [1.82, 2.24) is 10.2 Å². The second-order valence-corrected chi connectivity index (χ2v) is 6.79. The first kappa shape index (κ1) is 15.9. The highest BCUT2D eigenvalue weighted by atomic mass is 35.5. The van der Waals surface area contributed by atoms with Crippen molar-refractivity contribution in [1.29, 1.82) is 0 Å². The van der Waals surface area contributed by atoms with Crippen LogP contribution in [0.15, 0.2) is 34.7 Å². The molecule has 118 valence electrons. The van der Waals surface area contributed by atoms with E-state index in [1.165, 1.54) is 35.6 Å². The van der Waals surface area contributed by atoms with E-state index in [-0.39, 0.29) is 30.1 Å². The predicted molar refractivity (Wildman–Crippen MR) is 86.4 cm³/mol. The molecule has 0 saturated heterocycles. The minimum absolute atomic E-state index is 0.0505. The minimum Gasteiger partial charge on any atom is -0.403 e. The molecule has 0 saturated carbocycles. The molecule has 0 unspecified atom stereocenters. The van der Waals surface area contributed by atoms with Crippen molar-refractivity contribution >= 4 is 46.5 Å². The molecule has 0 fully saturated rings. The molecule has 3 aromatic rings. The van der Waals surface area contributed by atoms with E-state index in [2.05, 4.69) is 15.5 Å². The lowest BCUT2D eigenvalue weighted by molar-refractivity contribution is -0.115. The average molecular weight is 372 g/mol. The number of benzene rings is 1. The second-order valence-electron chi connectivity index (χ2n) is 4.50. The molecule has 9 heteroatoms. The molecule has 23 heavy (non-hydrogen) atoms. The molecule has 3 rings (SSSR count). The molecule has 1 amide bonds. The van der Waals surface area contributed by atoms with Gasteiger partial charge in [0.2, 0.25) is 5.91 Å². The van der Waals surface area contributed by atoms with E-state index >= 15 is 0 Å². The van der Waals surface area contributed by atoms with Crippen molar-refractivity contribution in [2.45, 2.75) is 6.42 Å². The Kier molecular flexibility index (Phi) is 4.61. The zero-order chi connectivity index (χ0) is 16.4. The Morgan fingerprint density at radius 2 is 2.00 bits per heavy atom. The first-order valence-electron chi connectivity index (χ1n) is 6.34. The number of thiophene rings is 1. The molecule has 0 aliphatic carbocycles. The van der Waals surface area contributed by atoms with Crippen LogP contribution >= 0.6 is 34.5 Å². The lowest BCUT2D eigenvalue weighted by Gasteiger charge is -2.00. The van der Waals surface area contributed by atoms with Gasteiger partial charge < -0.3 is 4.42 Å². The van der Waals surface area contributed by atoms with Gasteiger partial charge >= 0.3 is 6.01 Å². The summed E-state index contributed by atoms with van der Waals surface area (Å²) in [4.78, 5) is 11.9. The summed E-state index contributed by atoms with van der Waals surface area (Å²) in [5.74, 6) is -0.557. The van der Waals surface area contributed by atoms with Gasteiger partial charge in [0.25, 0.3) is 5.89 Å². The van der Waals surface area contributed by atoms with Gasteiger partial charge in [-0.1, -0.05) is 40.4 Å². The first-order valence-corrected chi connectivity index (χ1v) is 7.91. The summed E-state index contributed by atoms with van der Waals surface area (Å²) < 4.78 is 19.1. The molecular weight excluding hydrogens is 364 g/mol. The van der Waals surface area contributed by atoms with E-state index in [4.69, 9.17) is 27.6 Å². The van der Waals surface area contributed by atoms with E-state index in [0.29, 0.717) is 19.8 Å². The zero-order valence-corrected chi connectivity index (χ0v) is 13.7.